The molecule has 0 unspecified atom stereocenters. The molecule has 1 N–H and O–H groups in total. The third-order valence-electron chi connectivity index (χ3n) is 2.86. The standard InChI is InChI=1S/C13H14F3NO/c1-17-6-2-3-9-8-18-12-7-10(13(14,15)16)4-5-11(9)12/h4-5,7-8,17H,2-3,6H2,1H3. The Bertz CT molecular complexity index is 531. The van der Waals surface area contributed by atoms with Crippen molar-refractivity contribution in [3.8, 4) is 0 Å². The fourth-order valence-corrected chi connectivity index (χ4v) is 1.91. The highest BCUT2D eigenvalue weighted by molar-refractivity contribution is 5.81. The van der Waals surface area contributed by atoms with Gasteiger partial charge in [0.2, 0.25) is 0 Å². The molecule has 0 amide bonds. The number of halogens is 3. The third-order valence-corrected chi connectivity index (χ3v) is 2.86. The van der Waals surface area contributed by atoms with E-state index in [4.69, 9.17) is 4.42 Å². The zero-order valence-corrected chi connectivity index (χ0v) is 9.97. The van der Waals surface area contributed by atoms with Crippen LogP contribution < -0.4 is 5.32 Å². The van der Waals surface area contributed by atoms with Crippen LogP contribution in [-0.4, -0.2) is 13.6 Å². The van der Waals surface area contributed by atoms with Crippen molar-refractivity contribution >= 4 is 11.0 Å². The molecule has 0 spiro atoms. The molecule has 1 aromatic heterocycles. The Morgan fingerprint density at radius 3 is 2.72 bits per heavy atom. The highest BCUT2D eigenvalue weighted by atomic mass is 19.4. The smallest absolute Gasteiger partial charge is 0.416 e. The molecule has 0 aliphatic heterocycles. The Kier molecular flexibility index (Phi) is 3.61. The molecule has 0 aliphatic carbocycles. The maximum absolute atomic E-state index is 12.5. The number of benzene rings is 1. The molecule has 2 aromatic rings. The maximum atomic E-state index is 12.5. The summed E-state index contributed by atoms with van der Waals surface area (Å²) in [5.41, 5.74) is 0.574. The highest BCUT2D eigenvalue weighted by Crippen LogP contribution is 2.33. The molecular weight excluding hydrogens is 243 g/mol. The number of nitrogens with one attached hydrogen (secondary N) is 1. The minimum atomic E-state index is -4.33. The van der Waals surface area contributed by atoms with E-state index in [2.05, 4.69) is 5.32 Å². The summed E-state index contributed by atoms with van der Waals surface area (Å²) in [6.07, 6.45) is -1.07. The van der Waals surface area contributed by atoms with Crippen LogP contribution in [0.25, 0.3) is 11.0 Å². The van der Waals surface area contributed by atoms with Gasteiger partial charge in [-0.3, -0.25) is 0 Å². The molecule has 2 rings (SSSR count). The lowest BCUT2D eigenvalue weighted by molar-refractivity contribution is -0.137. The quantitative estimate of drug-likeness (QED) is 0.846. The summed E-state index contributed by atoms with van der Waals surface area (Å²) < 4.78 is 42.8. The van der Waals surface area contributed by atoms with Crippen molar-refractivity contribution in [3.05, 3.63) is 35.6 Å². The van der Waals surface area contributed by atoms with Crippen LogP contribution >= 0.6 is 0 Å². The molecule has 0 aliphatic rings. The molecule has 0 atom stereocenters. The average molecular weight is 257 g/mol. The van der Waals surface area contributed by atoms with Crippen LogP contribution in [0.1, 0.15) is 17.5 Å². The van der Waals surface area contributed by atoms with E-state index in [1.165, 1.54) is 6.07 Å². The van der Waals surface area contributed by atoms with E-state index in [-0.39, 0.29) is 0 Å². The minimum Gasteiger partial charge on any atom is -0.464 e. The molecule has 0 bridgehead atoms. The van der Waals surface area contributed by atoms with Crippen molar-refractivity contribution in [1.82, 2.24) is 5.32 Å². The summed E-state index contributed by atoms with van der Waals surface area (Å²) in [5.74, 6) is 0. The van der Waals surface area contributed by atoms with Crippen LogP contribution in [0.2, 0.25) is 0 Å². The van der Waals surface area contributed by atoms with Gasteiger partial charge in [0.25, 0.3) is 0 Å². The summed E-state index contributed by atoms with van der Waals surface area (Å²) in [6, 6.07) is 3.63. The summed E-state index contributed by atoms with van der Waals surface area (Å²) in [7, 11) is 1.86. The van der Waals surface area contributed by atoms with Gasteiger partial charge in [-0.2, -0.15) is 13.2 Å². The first-order valence-corrected chi connectivity index (χ1v) is 5.74. The highest BCUT2D eigenvalue weighted by Gasteiger charge is 2.30. The van der Waals surface area contributed by atoms with Gasteiger partial charge in [-0.1, -0.05) is 6.07 Å². The van der Waals surface area contributed by atoms with Crippen molar-refractivity contribution in [2.45, 2.75) is 19.0 Å². The average Bonchev–Trinajstić information content (AvgIpc) is 2.71. The monoisotopic (exact) mass is 257 g/mol. The second-order valence-electron chi connectivity index (χ2n) is 4.18. The second-order valence-corrected chi connectivity index (χ2v) is 4.18. The molecule has 1 aromatic carbocycles. The molecule has 1 heterocycles. The van der Waals surface area contributed by atoms with Gasteiger partial charge in [-0.15, -0.1) is 0 Å². The van der Waals surface area contributed by atoms with Crippen molar-refractivity contribution in [2.24, 2.45) is 0 Å². The van der Waals surface area contributed by atoms with E-state index < -0.39 is 11.7 Å². The SMILES string of the molecule is CNCCCc1coc2cc(C(F)(F)F)ccc12. The summed E-state index contributed by atoms with van der Waals surface area (Å²) in [4.78, 5) is 0. The van der Waals surface area contributed by atoms with Crippen LogP contribution in [0.3, 0.4) is 0 Å². The molecule has 0 saturated carbocycles. The zero-order chi connectivity index (χ0) is 13.2. The first kappa shape index (κ1) is 13.0. The third kappa shape index (κ3) is 2.67. The molecule has 98 valence electrons. The second kappa shape index (κ2) is 5.02. The largest absolute Gasteiger partial charge is 0.464 e. The molecule has 0 radical (unpaired) electrons. The van der Waals surface area contributed by atoms with Gasteiger partial charge >= 0.3 is 6.18 Å². The first-order chi connectivity index (χ1) is 8.52. The first-order valence-electron chi connectivity index (χ1n) is 5.74. The number of aryl methyl sites for hydroxylation is 1. The number of alkyl halides is 3. The van der Waals surface area contributed by atoms with E-state index in [0.29, 0.717) is 5.58 Å². The van der Waals surface area contributed by atoms with Crippen molar-refractivity contribution in [3.63, 3.8) is 0 Å². The minimum absolute atomic E-state index is 0.296. The predicted molar refractivity (Wildman–Crippen MR) is 63.5 cm³/mol. The van der Waals surface area contributed by atoms with Crippen LogP contribution in [0.4, 0.5) is 13.2 Å². The molecule has 0 saturated heterocycles. The zero-order valence-electron chi connectivity index (χ0n) is 9.97. The number of furan rings is 1. The van der Waals surface area contributed by atoms with Crippen LogP contribution in [0.5, 0.6) is 0 Å². The van der Waals surface area contributed by atoms with E-state index in [0.717, 1.165) is 42.5 Å². The van der Waals surface area contributed by atoms with E-state index in [1.807, 2.05) is 7.05 Å². The number of hydrogen-bond donors (Lipinski definition) is 1. The van der Waals surface area contributed by atoms with Gasteiger partial charge < -0.3 is 9.73 Å². The molecule has 0 fully saturated rings. The fraction of sp³-hybridized carbons (Fsp3) is 0.385. The normalized spacial score (nSPS) is 12.2. The predicted octanol–water partition coefficient (Wildman–Crippen LogP) is 3.60. The number of rotatable bonds is 4. The van der Waals surface area contributed by atoms with Gasteiger partial charge in [0.05, 0.1) is 11.8 Å². The Hall–Kier alpha value is -1.49. The Labute approximate surface area is 103 Å². The lowest BCUT2D eigenvalue weighted by atomic mass is 10.1. The van der Waals surface area contributed by atoms with Crippen LogP contribution in [0.15, 0.2) is 28.9 Å². The Morgan fingerprint density at radius 2 is 2.06 bits per heavy atom. The maximum Gasteiger partial charge on any atom is 0.416 e. The summed E-state index contributed by atoms with van der Waals surface area (Å²) in [5, 5.41) is 3.79. The summed E-state index contributed by atoms with van der Waals surface area (Å²) in [6.45, 7) is 0.868. The van der Waals surface area contributed by atoms with Crippen molar-refractivity contribution in [2.75, 3.05) is 13.6 Å². The van der Waals surface area contributed by atoms with Gasteiger partial charge in [0.15, 0.2) is 0 Å². The van der Waals surface area contributed by atoms with Crippen molar-refractivity contribution in [1.29, 1.82) is 0 Å². The van der Waals surface area contributed by atoms with Crippen molar-refractivity contribution < 1.29 is 17.6 Å². The van der Waals surface area contributed by atoms with Crippen LogP contribution in [-0.2, 0) is 12.6 Å². The Balaban J connectivity index is 2.26. The number of hydrogen-bond acceptors (Lipinski definition) is 2. The summed E-state index contributed by atoms with van der Waals surface area (Å²) >= 11 is 0. The van der Waals surface area contributed by atoms with Gasteiger partial charge in [-0.25, -0.2) is 0 Å². The topological polar surface area (TPSA) is 25.2 Å². The van der Waals surface area contributed by atoms with Gasteiger partial charge in [0.1, 0.15) is 5.58 Å². The lowest BCUT2D eigenvalue weighted by Crippen LogP contribution is -2.08. The van der Waals surface area contributed by atoms with E-state index in [1.54, 1.807) is 6.26 Å². The molecule has 5 heteroatoms. The number of fused-ring (bicyclic) bond motifs is 1. The van der Waals surface area contributed by atoms with E-state index in [9.17, 15) is 13.2 Å². The fourth-order valence-electron chi connectivity index (χ4n) is 1.91. The van der Waals surface area contributed by atoms with E-state index >= 15 is 0 Å². The van der Waals surface area contributed by atoms with Gasteiger partial charge in [0, 0.05) is 5.39 Å². The van der Waals surface area contributed by atoms with Crippen LogP contribution in [0, 0.1) is 0 Å². The lowest BCUT2D eigenvalue weighted by Gasteiger charge is -2.05. The molecular formula is C13H14F3NO. The van der Waals surface area contributed by atoms with Gasteiger partial charge in [-0.05, 0) is 44.1 Å². The molecule has 18 heavy (non-hydrogen) atoms. The molecule has 2 nitrogen and oxygen atoms in total. The Morgan fingerprint density at radius 1 is 1.28 bits per heavy atom.